The van der Waals surface area contributed by atoms with Crippen LogP contribution in [0, 0.1) is 0 Å². The molecule has 7 nitrogen and oxygen atoms in total. The molecule has 8 heteroatoms. The van der Waals surface area contributed by atoms with Gasteiger partial charge in [0, 0.05) is 36.2 Å². The van der Waals surface area contributed by atoms with Crippen molar-refractivity contribution < 1.29 is 22.7 Å². The number of ether oxygens (including phenoxy) is 2. The van der Waals surface area contributed by atoms with Gasteiger partial charge in [-0.3, -0.25) is 9.10 Å². The lowest BCUT2D eigenvalue weighted by Gasteiger charge is -2.21. The van der Waals surface area contributed by atoms with Gasteiger partial charge in [0.2, 0.25) is 10.0 Å². The molecule has 1 N–H and O–H groups in total. The summed E-state index contributed by atoms with van der Waals surface area (Å²) in [7, 11) is -3.36. The molecule has 1 atom stereocenters. The van der Waals surface area contributed by atoms with Crippen molar-refractivity contribution in [3.63, 3.8) is 0 Å². The van der Waals surface area contributed by atoms with E-state index in [2.05, 4.69) is 5.32 Å². The maximum absolute atomic E-state index is 12.8. The Kier molecular flexibility index (Phi) is 4.25. The molecular weight excluding hydrogens is 404 g/mol. The summed E-state index contributed by atoms with van der Waals surface area (Å²) < 4.78 is 37.6. The quantitative estimate of drug-likeness (QED) is 0.806. The van der Waals surface area contributed by atoms with E-state index in [0.717, 1.165) is 31.2 Å². The van der Waals surface area contributed by atoms with Crippen molar-refractivity contribution in [3.8, 4) is 11.5 Å². The third-order valence-corrected chi connectivity index (χ3v) is 7.28. The monoisotopic (exact) mass is 428 g/mol. The van der Waals surface area contributed by atoms with Crippen LogP contribution in [0.3, 0.4) is 0 Å². The van der Waals surface area contributed by atoms with Gasteiger partial charge < -0.3 is 14.8 Å². The van der Waals surface area contributed by atoms with Crippen LogP contribution in [0.15, 0.2) is 36.4 Å². The average Bonchev–Trinajstić information content (AvgIpc) is 3.36. The van der Waals surface area contributed by atoms with Crippen molar-refractivity contribution in [1.82, 2.24) is 0 Å². The minimum absolute atomic E-state index is 0.162. The van der Waals surface area contributed by atoms with Gasteiger partial charge in [0.15, 0.2) is 11.5 Å². The van der Waals surface area contributed by atoms with Gasteiger partial charge >= 0.3 is 0 Å². The number of rotatable bonds is 3. The molecule has 1 aliphatic carbocycles. The molecule has 5 rings (SSSR count). The fraction of sp³-hybridized carbons (Fsp3) is 0.409. The fourth-order valence-electron chi connectivity index (χ4n) is 4.74. The molecule has 2 aliphatic heterocycles. The molecule has 1 saturated carbocycles. The third kappa shape index (κ3) is 3.19. The van der Waals surface area contributed by atoms with E-state index >= 15 is 0 Å². The van der Waals surface area contributed by atoms with Crippen molar-refractivity contribution in [2.75, 3.05) is 15.9 Å². The highest BCUT2D eigenvalue weighted by atomic mass is 32.2. The molecule has 0 saturated heterocycles. The van der Waals surface area contributed by atoms with Crippen molar-refractivity contribution in [3.05, 3.63) is 47.5 Å². The second-order valence-corrected chi connectivity index (χ2v) is 10.3. The van der Waals surface area contributed by atoms with E-state index in [-0.39, 0.29) is 11.9 Å². The maximum Gasteiger partial charge on any atom is 0.255 e. The van der Waals surface area contributed by atoms with Gasteiger partial charge in [-0.25, -0.2) is 8.42 Å². The number of anilines is 2. The van der Waals surface area contributed by atoms with Crippen LogP contribution in [0.2, 0.25) is 0 Å². The van der Waals surface area contributed by atoms with Crippen LogP contribution in [0.4, 0.5) is 11.4 Å². The second kappa shape index (κ2) is 6.63. The Hall–Kier alpha value is -2.74. The summed E-state index contributed by atoms with van der Waals surface area (Å²) in [5.74, 6) is 0.578. The third-order valence-electron chi connectivity index (χ3n) is 6.01. The summed E-state index contributed by atoms with van der Waals surface area (Å²) in [5.41, 5.74) is 2.62. The van der Waals surface area contributed by atoms with E-state index in [4.69, 9.17) is 9.47 Å². The highest BCUT2D eigenvalue weighted by molar-refractivity contribution is 7.92. The summed E-state index contributed by atoms with van der Waals surface area (Å²) in [5, 5.41) is 2.90. The van der Waals surface area contributed by atoms with Crippen molar-refractivity contribution in [2.24, 2.45) is 0 Å². The molecule has 158 valence electrons. The molecule has 3 aliphatic rings. The van der Waals surface area contributed by atoms with E-state index < -0.39 is 15.8 Å². The molecule has 1 fully saturated rings. The van der Waals surface area contributed by atoms with Gasteiger partial charge in [-0.05, 0) is 62.1 Å². The summed E-state index contributed by atoms with van der Waals surface area (Å²) in [6, 6.07) is 10.4. The lowest BCUT2D eigenvalue weighted by atomic mass is 10.1. The van der Waals surface area contributed by atoms with Crippen LogP contribution < -0.4 is 19.1 Å². The second-order valence-electron chi connectivity index (χ2n) is 8.39. The molecule has 0 bridgehead atoms. The minimum Gasteiger partial charge on any atom is -0.448 e. The van der Waals surface area contributed by atoms with Gasteiger partial charge in [0.25, 0.3) is 11.7 Å². The lowest BCUT2D eigenvalue weighted by molar-refractivity contribution is -0.0716. The number of fused-ring (bicyclic) bond motifs is 2. The summed E-state index contributed by atoms with van der Waals surface area (Å²) in [6.07, 6.45) is 5.71. The van der Waals surface area contributed by atoms with Crippen LogP contribution in [0.5, 0.6) is 11.5 Å². The molecule has 2 heterocycles. The Morgan fingerprint density at radius 1 is 1.10 bits per heavy atom. The number of amides is 1. The maximum atomic E-state index is 12.8. The molecule has 2 aromatic rings. The zero-order chi connectivity index (χ0) is 21.1. The van der Waals surface area contributed by atoms with E-state index in [1.807, 2.05) is 13.0 Å². The SMILES string of the molecule is C[C@H]1Cc2cc(C(=O)Nc3ccc4c(c3)OC3(CCCC3)O4)ccc2N1S(C)(=O)=O. The van der Waals surface area contributed by atoms with Crippen molar-refractivity contribution in [2.45, 2.75) is 50.9 Å². The zero-order valence-corrected chi connectivity index (χ0v) is 17.8. The first-order chi connectivity index (χ1) is 14.2. The number of carbonyl (C=O) groups excluding carboxylic acids is 1. The van der Waals surface area contributed by atoms with Gasteiger partial charge in [-0.15, -0.1) is 0 Å². The Labute approximate surface area is 176 Å². The first-order valence-electron chi connectivity index (χ1n) is 10.2. The lowest BCUT2D eigenvalue weighted by Crippen LogP contribution is -2.34. The molecule has 1 amide bonds. The molecule has 0 radical (unpaired) electrons. The first-order valence-corrected chi connectivity index (χ1v) is 12.0. The zero-order valence-electron chi connectivity index (χ0n) is 17.0. The first kappa shape index (κ1) is 19.2. The van der Waals surface area contributed by atoms with Crippen LogP contribution in [-0.2, 0) is 16.4 Å². The summed E-state index contributed by atoms with van der Waals surface area (Å²) >= 11 is 0. The molecule has 0 aromatic heterocycles. The smallest absolute Gasteiger partial charge is 0.255 e. The molecule has 30 heavy (non-hydrogen) atoms. The van der Waals surface area contributed by atoms with Crippen LogP contribution in [0.1, 0.15) is 48.5 Å². The number of nitrogens with one attached hydrogen (secondary N) is 1. The van der Waals surface area contributed by atoms with Crippen molar-refractivity contribution in [1.29, 1.82) is 0 Å². The van der Waals surface area contributed by atoms with Crippen LogP contribution in [0.25, 0.3) is 0 Å². The number of nitrogens with zero attached hydrogens (tertiary/aromatic N) is 1. The Balaban J connectivity index is 1.35. The topological polar surface area (TPSA) is 84.9 Å². The summed E-state index contributed by atoms with van der Waals surface area (Å²) in [4.78, 5) is 12.8. The number of sulfonamides is 1. The Morgan fingerprint density at radius 2 is 1.83 bits per heavy atom. The van der Waals surface area contributed by atoms with Crippen LogP contribution in [-0.4, -0.2) is 32.4 Å². The van der Waals surface area contributed by atoms with Crippen molar-refractivity contribution >= 4 is 27.3 Å². The number of hydrogen-bond donors (Lipinski definition) is 1. The van der Waals surface area contributed by atoms with Gasteiger partial charge in [-0.1, -0.05) is 0 Å². The highest BCUT2D eigenvalue weighted by Gasteiger charge is 2.44. The average molecular weight is 429 g/mol. The summed E-state index contributed by atoms with van der Waals surface area (Å²) in [6.45, 7) is 1.87. The van der Waals surface area contributed by atoms with E-state index in [1.165, 1.54) is 10.6 Å². The van der Waals surface area contributed by atoms with E-state index in [1.54, 1.807) is 30.3 Å². The predicted octanol–water partition coefficient (Wildman–Crippen LogP) is 3.69. The molecule has 1 spiro atoms. The Bertz CT molecular complexity index is 1140. The number of carbonyl (C=O) groups is 1. The standard InChI is InChI=1S/C22H24N2O5S/c1-14-11-16-12-15(5-7-18(16)24(14)30(2,26)27)21(25)23-17-6-8-19-20(13-17)29-22(28-19)9-3-4-10-22/h5-8,12-14H,3-4,9-11H2,1-2H3,(H,23,25)/t14-/m0/s1. The number of benzene rings is 2. The van der Waals surface area contributed by atoms with Gasteiger partial charge in [-0.2, -0.15) is 0 Å². The van der Waals surface area contributed by atoms with Gasteiger partial charge in [0.05, 0.1) is 11.9 Å². The largest absolute Gasteiger partial charge is 0.448 e. The molecule has 2 aromatic carbocycles. The van der Waals surface area contributed by atoms with Gasteiger partial charge in [0.1, 0.15) is 0 Å². The highest BCUT2D eigenvalue weighted by Crippen LogP contribution is 2.47. The normalized spacial score (nSPS) is 21.1. The predicted molar refractivity (Wildman–Crippen MR) is 114 cm³/mol. The minimum atomic E-state index is -3.36. The number of hydrogen-bond acceptors (Lipinski definition) is 5. The van der Waals surface area contributed by atoms with E-state index in [0.29, 0.717) is 34.9 Å². The fourth-order valence-corrected chi connectivity index (χ4v) is 6.01. The molecular formula is C22H24N2O5S. The van der Waals surface area contributed by atoms with E-state index in [9.17, 15) is 13.2 Å². The van der Waals surface area contributed by atoms with Crippen LogP contribution >= 0.6 is 0 Å². The molecule has 0 unspecified atom stereocenters. The Morgan fingerprint density at radius 3 is 2.57 bits per heavy atom.